The van der Waals surface area contributed by atoms with Gasteiger partial charge in [0.25, 0.3) is 0 Å². The van der Waals surface area contributed by atoms with Gasteiger partial charge in [0.15, 0.2) is 0 Å². The first-order valence-electron chi connectivity index (χ1n) is 5.80. The van der Waals surface area contributed by atoms with Gasteiger partial charge in [0.1, 0.15) is 23.7 Å². The standard InChI is InChI=1S/C13H16N2O3/c1-9-10(2)18-11(3)12(9)13(16)17-8-7-15-6-4-5-14-15/h4-6H,7-8H2,1-3H3. The van der Waals surface area contributed by atoms with Crippen LogP contribution in [-0.4, -0.2) is 22.4 Å². The largest absolute Gasteiger partial charge is 0.465 e. The molecule has 0 N–H and O–H groups in total. The number of carbonyl (C=O) groups excluding carboxylic acids is 1. The fraction of sp³-hybridized carbons (Fsp3) is 0.385. The zero-order chi connectivity index (χ0) is 13.1. The molecule has 96 valence electrons. The number of rotatable bonds is 4. The summed E-state index contributed by atoms with van der Waals surface area (Å²) in [7, 11) is 0. The highest BCUT2D eigenvalue weighted by atomic mass is 16.5. The summed E-state index contributed by atoms with van der Waals surface area (Å²) in [5.74, 6) is 1.02. The van der Waals surface area contributed by atoms with Crippen molar-refractivity contribution in [1.29, 1.82) is 0 Å². The average Bonchev–Trinajstić information content (AvgIpc) is 2.89. The van der Waals surface area contributed by atoms with Crippen molar-refractivity contribution in [2.24, 2.45) is 0 Å². The van der Waals surface area contributed by atoms with Crippen LogP contribution >= 0.6 is 0 Å². The molecule has 0 aliphatic carbocycles. The second-order valence-corrected chi connectivity index (χ2v) is 4.12. The maximum absolute atomic E-state index is 11.9. The third-order valence-electron chi connectivity index (χ3n) is 2.88. The van der Waals surface area contributed by atoms with Crippen LogP contribution in [0.2, 0.25) is 0 Å². The average molecular weight is 248 g/mol. The van der Waals surface area contributed by atoms with Crippen LogP contribution in [0.1, 0.15) is 27.4 Å². The van der Waals surface area contributed by atoms with Gasteiger partial charge >= 0.3 is 5.97 Å². The molecule has 0 atom stereocenters. The van der Waals surface area contributed by atoms with E-state index in [1.165, 1.54) is 0 Å². The molecule has 5 nitrogen and oxygen atoms in total. The predicted molar refractivity (Wildman–Crippen MR) is 65.4 cm³/mol. The Labute approximate surface area is 105 Å². The van der Waals surface area contributed by atoms with E-state index in [0.717, 1.165) is 11.3 Å². The number of hydrogen-bond donors (Lipinski definition) is 0. The molecule has 2 aromatic rings. The Morgan fingerprint density at radius 3 is 2.72 bits per heavy atom. The van der Waals surface area contributed by atoms with E-state index in [1.54, 1.807) is 17.8 Å². The van der Waals surface area contributed by atoms with E-state index >= 15 is 0 Å². The fourth-order valence-electron chi connectivity index (χ4n) is 1.83. The van der Waals surface area contributed by atoms with Gasteiger partial charge in [0.05, 0.1) is 6.54 Å². The molecule has 0 unspecified atom stereocenters. The summed E-state index contributed by atoms with van der Waals surface area (Å²) >= 11 is 0. The first-order valence-corrected chi connectivity index (χ1v) is 5.80. The first kappa shape index (κ1) is 12.4. The summed E-state index contributed by atoms with van der Waals surface area (Å²) in [4.78, 5) is 11.9. The lowest BCUT2D eigenvalue weighted by Crippen LogP contribution is -2.12. The van der Waals surface area contributed by atoms with Crippen LogP contribution in [-0.2, 0) is 11.3 Å². The minimum absolute atomic E-state index is 0.295. The quantitative estimate of drug-likeness (QED) is 0.779. The molecule has 2 heterocycles. The summed E-state index contributed by atoms with van der Waals surface area (Å²) < 4.78 is 12.3. The van der Waals surface area contributed by atoms with Gasteiger partial charge in [-0.1, -0.05) is 0 Å². The highest BCUT2D eigenvalue weighted by Crippen LogP contribution is 2.21. The van der Waals surface area contributed by atoms with Crippen molar-refractivity contribution in [1.82, 2.24) is 9.78 Å². The van der Waals surface area contributed by atoms with E-state index in [1.807, 2.05) is 26.1 Å². The normalized spacial score (nSPS) is 10.6. The van der Waals surface area contributed by atoms with Gasteiger partial charge in [0.2, 0.25) is 0 Å². The second kappa shape index (κ2) is 5.08. The van der Waals surface area contributed by atoms with Gasteiger partial charge in [-0.2, -0.15) is 5.10 Å². The maximum Gasteiger partial charge on any atom is 0.342 e. The van der Waals surface area contributed by atoms with E-state index < -0.39 is 0 Å². The van der Waals surface area contributed by atoms with E-state index in [-0.39, 0.29) is 5.97 Å². The number of ether oxygens (including phenoxy) is 1. The summed E-state index contributed by atoms with van der Waals surface area (Å²) in [6, 6.07) is 1.83. The van der Waals surface area contributed by atoms with E-state index in [4.69, 9.17) is 9.15 Å². The number of nitrogens with zero attached hydrogens (tertiary/aromatic N) is 2. The topological polar surface area (TPSA) is 57.3 Å². The number of aromatic nitrogens is 2. The zero-order valence-corrected chi connectivity index (χ0v) is 10.8. The molecular weight excluding hydrogens is 232 g/mol. The van der Waals surface area contributed by atoms with Crippen LogP contribution in [0.5, 0.6) is 0 Å². The molecular formula is C13H16N2O3. The van der Waals surface area contributed by atoms with Crippen molar-refractivity contribution in [2.45, 2.75) is 27.3 Å². The third-order valence-corrected chi connectivity index (χ3v) is 2.88. The molecule has 5 heteroatoms. The zero-order valence-electron chi connectivity index (χ0n) is 10.8. The lowest BCUT2D eigenvalue weighted by Gasteiger charge is -2.05. The molecule has 0 amide bonds. The SMILES string of the molecule is Cc1oc(C)c(C(=O)OCCn2cccn2)c1C. The Morgan fingerprint density at radius 1 is 1.39 bits per heavy atom. The van der Waals surface area contributed by atoms with Crippen LogP contribution in [0, 0.1) is 20.8 Å². The van der Waals surface area contributed by atoms with Crippen molar-refractivity contribution in [3.63, 3.8) is 0 Å². The third kappa shape index (κ3) is 2.45. The highest BCUT2D eigenvalue weighted by molar-refractivity contribution is 5.92. The number of furan rings is 1. The Bertz CT molecular complexity index is 541. The molecule has 2 aromatic heterocycles. The van der Waals surface area contributed by atoms with Gasteiger partial charge in [-0.25, -0.2) is 4.79 Å². The highest BCUT2D eigenvalue weighted by Gasteiger charge is 2.19. The Kier molecular flexibility index (Phi) is 3.50. The molecule has 2 rings (SSSR count). The lowest BCUT2D eigenvalue weighted by molar-refractivity contribution is 0.0485. The molecule has 0 aromatic carbocycles. The molecule has 0 aliphatic rings. The molecule has 0 saturated carbocycles. The smallest absolute Gasteiger partial charge is 0.342 e. The van der Waals surface area contributed by atoms with Crippen LogP contribution in [0.25, 0.3) is 0 Å². The second-order valence-electron chi connectivity index (χ2n) is 4.12. The summed E-state index contributed by atoms with van der Waals surface area (Å²) in [6.45, 7) is 6.31. The Hall–Kier alpha value is -2.04. The van der Waals surface area contributed by atoms with Gasteiger partial charge in [0, 0.05) is 18.0 Å². The van der Waals surface area contributed by atoms with Crippen molar-refractivity contribution < 1.29 is 13.9 Å². The molecule has 0 spiro atoms. The van der Waals surface area contributed by atoms with E-state index in [2.05, 4.69) is 5.10 Å². The number of esters is 1. The number of aryl methyl sites for hydroxylation is 2. The Morgan fingerprint density at radius 2 is 2.17 bits per heavy atom. The molecule has 0 fully saturated rings. The summed E-state index contributed by atoms with van der Waals surface area (Å²) in [5.41, 5.74) is 1.38. The minimum Gasteiger partial charge on any atom is -0.465 e. The lowest BCUT2D eigenvalue weighted by atomic mass is 10.1. The molecule has 0 saturated heterocycles. The maximum atomic E-state index is 11.9. The van der Waals surface area contributed by atoms with Gasteiger partial charge in [-0.15, -0.1) is 0 Å². The van der Waals surface area contributed by atoms with Crippen molar-refractivity contribution in [3.05, 3.63) is 41.1 Å². The summed E-state index contributed by atoms with van der Waals surface area (Å²) in [5, 5.41) is 4.03. The van der Waals surface area contributed by atoms with Crippen molar-refractivity contribution in [3.8, 4) is 0 Å². The molecule has 0 aliphatic heterocycles. The van der Waals surface area contributed by atoms with Gasteiger partial charge < -0.3 is 9.15 Å². The monoisotopic (exact) mass is 248 g/mol. The van der Waals surface area contributed by atoms with Crippen LogP contribution in [0.15, 0.2) is 22.9 Å². The van der Waals surface area contributed by atoms with Crippen LogP contribution < -0.4 is 0 Å². The molecule has 0 radical (unpaired) electrons. The number of hydrogen-bond acceptors (Lipinski definition) is 4. The van der Waals surface area contributed by atoms with E-state index in [0.29, 0.717) is 24.5 Å². The van der Waals surface area contributed by atoms with Crippen LogP contribution in [0.4, 0.5) is 0 Å². The first-order chi connectivity index (χ1) is 8.59. The Balaban J connectivity index is 1.95. The van der Waals surface area contributed by atoms with E-state index in [9.17, 15) is 4.79 Å². The van der Waals surface area contributed by atoms with Gasteiger partial charge in [-0.3, -0.25) is 4.68 Å². The predicted octanol–water partition coefficient (Wildman–Crippen LogP) is 2.26. The van der Waals surface area contributed by atoms with Gasteiger partial charge in [-0.05, 0) is 26.8 Å². The molecule has 18 heavy (non-hydrogen) atoms. The summed E-state index contributed by atoms with van der Waals surface area (Å²) in [6.07, 6.45) is 3.52. The van der Waals surface area contributed by atoms with Crippen molar-refractivity contribution in [2.75, 3.05) is 6.61 Å². The number of carbonyl (C=O) groups is 1. The van der Waals surface area contributed by atoms with Crippen LogP contribution in [0.3, 0.4) is 0 Å². The van der Waals surface area contributed by atoms with Crippen molar-refractivity contribution >= 4 is 5.97 Å². The minimum atomic E-state index is -0.339. The molecule has 0 bridgehead atoms. The fourth-order valence-corrected chi connectivity index (χ4v) is 1.83.